The van der Waals surface area contributed by atoms with Crippen LogP contribution < -0.4 is 0 Å². The van der Waals surface area contributed by atoms with Gasteiger partial charge in [-0.3, -0.25) is 4.79 Å². The molecule has 0 aromatic carbocycles. The molecular formula is C12H20O2. The molecule has 1 spiro atoms. The Morgan fingerprint density at radius 3 is 1.57 bits per heavy atom. The van der Waals surface area contributed by atoms with Crippen molar-refractivity contribution >= 4 is 5.78 Å². The van der Waals surface area contributed by atoms with E-state index in [-0.39, 0.29) is 16.2 Å². The van der Waals surface area contributed by atoms with Crippen LogP contribution in [0.2, 0.25) is 0 Å². The molecule has 0 bridgehead atoms. The zero-order chi connectivity index (χ0) is 11.0. The monoisotopic (exact) mass is 196 g/mol. The number of ether oxygens (including phenoxy) is 1. The summed E-state index contributed by atoms with van der Waals surface area (Å²) in [4.78, 5) is 12.3. The van der Waals surface area contributed by atoms with Gasteiger partial charge in [0.1, 0.15) is 0 Å². The third kappa shape index (κ3) is 0.690. The molecule has 0 amide bonds. The number of rotatable bonds is 0. The number of Topliss-reactive ketones (excluding diaryl/α,β-unsaturated/α-hetero) is 1. The molecule has 2 nitrogen and oxygen atoms in total. The summed E-state index contributed by atoms with van der Waals surface area (Å²) in [6.45, 7) is 13.4. The highest BCUT2D eigenvalue weighted by Gasteiger charge is 2.78. The molecule has 0 N–H and O–H groups in total. The SMILES string of the molecule is CC1(C)C(=O)C2(CO2)C(C)(C)C1(C)C. The van der Waals surface area contributed by atoms with Crippen molar-refractivity contribution in [3.8, 4) is 0 Å². The van der Waals surface area contributed by atoms with Crippen LogP contribution in [0.3, 0.4) is 0 Å². The van der Waals surface area contributed by atoms with Crippen molar-refractivity contribution in [2.45, 2.75) is 47.1 Å². The van der Waals surface area contributed by atoms with Crippen LogP contribution in [-0.4, -0.2) is 18.0 Å². The lowest BCUT2D eigenvalue weighted by atomic mass is 9.60. The zero-order valence-electron chi connectivity index (χ0n) is 10.0. The molecule has 1 aliphatic heterocycles. The van der Waals surface area contributed by atoms with Gasteiger partial charge in [-0.15, -0.1) is 0 Å². The van der Waals surface area contributed by atoms with Gasteiger partial charge in [0.15, 0.2) is 11.4 Å². The number of hydrogen-bond donors (Lipinski definition) is 0. The van der Waals surface area contributed by atoms with Gasteiger partial charge in [0, 0.05) is 10.8 Å². The molecule has 2 aliphatic rings. The summed E-state index contributed by atoms with van der Waals surface area (Å²) in [6.07, 6.45) is 0. The summed E-state index contributed by atoms with van der Waals surface area (Å²) >= 11 is 0. The third-order valence-corrected chi connectivity index (χ3v) is 5.50. The summed E-state index contributed by atoms with van der Waals surface area (Å²) in [6, 6.07) is 0. The second-order valence-electron chi connectivity index (χ2n) is 6.32. The molecule has 1 aliphatic carbocycles. The highest BCUT2D eigenvalue weighted by atomic mass is 16.6. The first-order valence-electron chi connectivity index (χ1n) is 5.30. The fourth-order valence-electron chi connectivity index (χ4n) is 2.92. The summed E-state index contributed by atoms with van der Waals surface area (Å²) in [5, 5.41) is 0. The maximum atomic E-state index is 12.3. The van der Waals surface area contributed by atoms with Crippen molar-refractivity contribution in [3.63, 3.8) is 0 Å². The molecule has 2 heteroatoms. The summed E-state index contributed by atoms with van der Waals surface area (Å²) < 4.78 is 5.51. The van der Waals surface area contributed by atoms with E-state index in [0.717, 1.165) is 0 Å². The fraction of sp³-hybridized carbons (Fsp3) is 0.917. The number of carbonyl (C=O) groups excluding carboxylic acids is 1. The van der Waals surface area contributed by atoms with Gasteiger partial charge in [0.2, 0.25) is 0 Å². The van der Waals surface area contributed by atoms with E-state index in [2.05, 4.69) is 27.7 Å². The van der Waals surface area contributed by atoms with E-state index in [0.29, 0.717) is 12.4 Å². The predicted octanol–water partition coefficient (Wildman–Crippen LogP) is 2.42. The van der Waals surface area contributed by atoms with Gasteiger partial charge in [-0.25, -0.2) is 0 Å². The van der Waals surface area contributed by atoms with Crippen LogP contribution in [0.5, 0.6) is 0 Å². The summed E-state index contributed by atoms with van der Waals surface area (Å²) in [5.74, 6) is 0.292. The van der Waals surface area contributed by atoms with Crippen LogP contribution in [0.25, 0.3) is 0 Å². The molecular weight excluding hydrogens is 176 g/mol. The first kappa shape index (κ1) is 10.2. The van der Waals surface area contributed by atoms with Gasteiger partial charge in [0.05, 0.1) is 6.61 Å². The van der Waals surface area contributed by atoms with Crippen LogP contribution in [0.4, 0.5) is 0 Å². The standard InChI is InChI=1S/C12H20O2/c1-9(2)8(13)12(7-14-12)11(5,6)10(9,3)4/h7H2,1-6H3. The molecule has 1 unspecified atom stereocenters. The predicted molar refractivity (Wildman–Crippen MR) is 55.0 cm³/mol. The van der Waals surface area contributed by atoms with E-state index in [1.165, 1.54) is 0 Å². The number of epoxide rings is 1. The Balaban J connectivity index is 2.62. The lowest BCUT2D eigenvalue weighted by molar-refractivity contribution is -0.130. The highest BCUT2D eigenvalue weighted by Crippen LogP contribution is 2.69. The second kappa shape index (κ2) is 2.08. The Morgan fingerprint density at radius 2 is 1.43 bits per heavy atom. The van der Waals surface area contributed by atoms with E-state index >= 15 is 0 Å². The van der Waals surface area contributed by atoms with Crippen LogP contribution in [0, 0.1) is 16.2 Å². The molecule has 14 heavy (non-hydrogen) atoms. The minimum Gasteiger partial charge on any atom is -0.361 e. The molecule has 0 radical (unpaired) electrons. The van der Waals surface area contributed by atoms with Crippen LogP contribution in [-0.2, 0) is 9.53 Å². The smallest absolute Gasteiger partial charge is 0.173 e. The topological polar surface area (TPSA) is 29.6 Å². The zero-order valence-corrected chi connectivity index (χ0v) is 10.0. The summed E-state index contributed by atoms with van der Waals surface area (Å²) in [5.41, 5.74) is -0.846. The van der Waals surface area contributed by atoms with Crippen LogP contribution in [0.1, 0.15) is 41.5 Å². The number of hydrogen-bond acceptors (Lipinski definition) is 2. The van der Waals surface area contributed by atoms with Crippen molar-refractivity contribution in [2.24, 2.45) is 16.2 Å². The van der Waals surface area contributed by atoms with E-state index < -0.39 is 5.60 Å². The van der Waals surface area contributed by atoms with Crippen LogP contribution in [0.15, 0.2) is 0 Å². The van der Waals surface area contributed by atoms with E-state index in [9.17, 15) is 4.79 Å². The van der Waals surface area contributed by atoms with Gasteiger partial charge >= 0.3 is 0 Å². The van der Waals surface area contributed by atoms with Gasteiger partial charge in [0.25, 0.3) is 0 Å². The Labute approximate surface area is 86.0 Å². The van der Waals surface area contributed by atoms with Crippen LogP contribution >= 0.6 is 0 Å². The van der Waals surface area contributed by atoms with Gasteiger partial charge in [-0.1, -0.05) is 41.5 Å². The lowest BCUT2D eigenvalue weighted by Crippen LogP contribution is -2.41. The molecule has 2 fully saturated rings. The Bertz CT molecular complexity index is 288. The lowest BCUT2D eigenvalue weighted by Gasteiger charge is -2.42. The molecule has 1 atom stereocenters. The van der Waals surface area contributed by atoms with Crippen molar-refractivity contribution < 1.29 is 9.53 Å². The molecule has 1 saturated carbocycles. The first-order valence-corrected chi connectivity index (χ1v) is 5.30. The van der Waals surface area contributed by atoms with Gasteiger partial charge < -0.3 is 4.74 Å². The number of ketones is 1. The molecule has 1 saturated heterocycles. The Morgan fingerprint density at radius 1 is 1.00 bits per heavy atom. The van der Waals surface area contributed by atoms with E-state index in [1.54, 1.807) is 0 Å². The largest absolute Gasteiger partial charge is 0.361 e. The molecule has 0 aromatic heterocycles. The minimum absolute atomic E-state index is 0.0203. The summed E-state index contributed by atoms with van der Waals surface area (Å²) in [7, 11) is 0. The van der Waals surface area contributed by atoms with Crippen molar-refractivity contribution in [1.29, 1.82) is 0 Å². The molecule has 0 aromatic rings. The molecule has 80 valence electrons. The fourth-order valence-corrected chi connectivity index (χ4v) is 2.92. The maximum Gasteiger partial charge on any atom is 0.173 e. The Hall–Kier alpha value is -0.370. The quantitative estimate of drug-likeness (QED) is 0.557. The minimum atomic E-state index is -0.472. The highest BCUT2D eigenvalue weighted by molar-refractivity contribution is 5.98. The normalized spacial score (nSPS) is 41.7. The van der Waals surface area contributed by atoms with E-state index in [1.807, 2.05) is 13.8 Å². The Kier molecular flexibility index (Phi) is 1.51. The number of carbonyl (C=O) groups is 1. The van der Waals surface area contributed by atoms with Gasteiger partial charge in [-0.2, -0.15) is 0 Å². The van der Waals surface area contributed by atoms with Crippen molar-refractivity contribution in [3.05, 3.63) is 0 Å². The first-order chi connectivity index (χ1) is 6.11. The average molecular weight is 196 g/mol. The van der Waals surface area contributed by atoms with Gasteiger partial charge in [-0.05, 0) is 5.41 Å². The average Bonchev–Trinajstić information content (AvgIpc) is 2.80. The third-order valence-electron chi connectivity index (χ3n) is 5.50. The molecule has 1 heterocycles. The maximum absolute atomic E-state index is 12.3. The molecule has 2 rings (SSSR count). The van der Waals surface area contributed by atoms with E-state index in [4.69, 9.17) is 4.74 Å². The van der Waals surface area contributed by atoms with Crippen molar-refractivity contribution in [1.82, 2.24) is 0 Å². The second-order valence-corrected chi connectivity index (χ2v) is 6.32. The van der Waals surface area contributed by atoms with Crippen molar-refractivity contribution in [2.75, 3.05) is 6.61 Å².